The zero-order valence-electron chi connectivity index (χ0n) is 18.8. The maximum Gasteiger partial charge on any atom is 0.190 e. The number of aromatic nitrogens is 3. The molecule has 1 aliphatic rings. The van der Waals surface area contributed by atoms with Gasteiger partial charge in [-0.2, -0.15) is 0 Å². The number of nitrogens with zero attached hydrogens (tertiary/aromatic N) is 4. The van der Waals surface area contributed by atoms with Crippen LogP contribution in [-0.2, 0) is 5.41 Å². The molecule has 5 rings (SSSR count). The van der Waals surface area contributed by atoms with Crippen molar-refractivity contribution < 1.29 is 0 Å². The predicted octanol–water partition coefficient (Wildman–Crippen LogP) is 7.31. The normalized spacial score (nSPS) is 14.9. The van der Waals surface area contributed by atoms with Gasteiger partial charge in [-0.25, -0.2) is 15.0 Å². The molecule has 0 unspecified atom stereocenters. The highest BCUT2D eigenvalue weighted by molar-refractivity contribution is 7.21. The molecule has 0 saturated heterocycles. The highest BCUT2D eigenvalue weighted by Gasteiger charge is 2.30. The van der Waals surface area contributed by atoms with E-state index in [9.17, 15) is 0 Å². The van der Waals surface area contributed by atoms with E-state index in [0.29, 0.717) is 38.0 Å². The number of fused-ring (bicyclic) bond motifs is 2. The molecular weight excluding hydrogens is 475 g/mol. The number of para-hydroxylation sites is 1. The Morgan fingerprint density at radius 3 is 2.55 bits per heavy atom. The van der Waals surface area contributed by atoms with E-state index >= 15 is 0 Å². The Balaban J connectivity index is 1.51. The average Bonchev–Trinajstić information content (AvgIpc) is 3.16. The van der Waals surface area contributed by atoms with E-state index in [2.05, 4.69) is 64.6 Å². The molecule has 0 aliphatic carbocycles. The van der Waals surface area contributed by atoms with Crippen LogP contribution in [0.5, 0.6) is 0 Å². The third-order valence-corrected chi connectivity index (χ3v) is 7.53. The second kappa shape index (κ2) is 8.31. The molecule has 0 bridgehead atoms. The third kappa shape index (κ3) is 4.21. The molecule has 9 heteroatoms. The largest absolute Gasteiger partial charge is 0.374 e. The minimum absolute atomic E-state index is 0.161. The number of rotatable bonds is 4. The number of thiazole rings is 1. The van der Waals surface area contributed by atoms with Gasteiger partial charge in [0, 0.05) is 25.0 Å². The van der Waals surface area contributed by atoms with Crippen LogP contribution in [0.15, 0.2) is 36.4 Å². The van der Waals surface area contributed by atoms with E-state index in [1.54, 1.807) is 12.1 Å². The summed E-state index contributed by atoms with van der Waals surface area (Å²) in [6.45, 7) is 7.52. The molecule has 1 aliphatic heterocycles. The topological polar surface area (TPSA) is 66.0 Å². The van der Waals surface area contributed by atoms with Gasteiger partial charge in [0.25, 0.3) is 0 Å². The first kappa shape index (κ1) is 22.2. The Kier molecular flexibility index (Phi) is 5.59. The monoisotopic (exact) mass is 498 g/mol. The molecule has 3 heterocycles. The highest BCUT2D eigenvalue weighted by atomic mass is 35.5. The van der Waals surface area contributed by atoms with Crippen molar-refractivity contribution in [2.75, 3.05) is 29.1 Å². The first-order valence-corrected chi connectivity index (χ1v) is 12.3. The van der Waals surface area contributed by atoms with Crippen LogP contribution in [0.1, 0.15) is 31.7 Å². The Morgan fingerprint density at radius 2 is 1.79 bits per heavy atom. The van der Waals surface area contributed by atoms with Crippen LogP contribution >= 0.6 is 34.5 Å². The number of nitrogens with one attached hydrogen (secondary N) is 2. The van der Waals surface area contributed by atoms with Crippen LogP contribution in [0, 0.1) is 6.92 Å². The number of halogens is 2. The highest BCUT2D eigenvalue weighted by Crippen LogP contribution is 2.41. The summed E-state index contributed by atoms with van der Waals surface area (Å²) in [6.07, 6.45) is 1.14. The van der Waals surface area contributed by atoms with E-state index in [1.807, 2.05) is 13.0 Å². The number of hydrogen-bond donors (Lipinski definition) is 2. The molecule has 2 aromatic carbocycles. The zero-order chi connectivity index (χ0) is 23.3. The van der Waals surface area contributed by atoms with Gasteiger partial charge in [0.15, 0.2) is 15.8 Å². The number of anilines is 5. The van der Waals surface area contributed by atoms with Crippen LogP contribution in [0.25, 0.3) is 10.3 Å². The van der Waals surface area contributed by atoms with Crippen molar-refractivity contribution in [3.05, 3.63) is 57.8 Å². The van der Waals surface area contributed by atoms with Gasteiger partial charge in [-0.15, -0.1) is 0 Å². The van der Waals surface area contributed by atoms with Crippen molar-refractivity contribution in [3.8, 4) is 0 Å². The average molecular weight is 499 g/mol. The summed E-state index contributed by atoms with van der Waals surface area (Å²) in [6, 6.07) is 11.9. The van der Waals surface area contributed by atoms with Crippen molar-refractivity contribution in [1.82, 2.24) is 15.0 Å². The van der Waals surface area contributed by atoms with Gasteiger partial charge < -0.3 is 15.5 Å². The fourth-order valence-electron chi connectivity index (χ4n) is 4.13. The van der Waals surface area contributed by atoms with Crippen LogP contribution in [-0.4, -0.2) is 28.5 Å². The minimum atomic E-state index is 0.161. The standard InChI is InChI=1S/C24H24Cl2N6S/c1-13-27-21(29-14-8-9-15-18(12-14)32(4)11-10-24(15,2)3)20-22(28-13)33-23(31-20)30-19-16(25)6-5-7-17(19)26/h5-9,12H,10-11H2,1-4H3,(H,30,31)(H,27,28,29). The van der Waals surface area contributed by atoms with Crippen molar-refractivity contribution in [2.24, 2.45) is 0 Å². The van der Waals surface area contributed by atoms with E-state index in [4.69, 9.17) is 28.2 Å². The van der Waals surface area contributed by atoms with Gasteiger partial charge in [0.2, 0.25) is 0 Å². The van der Waals surface area contributed by atoms with Crippen molar-refractivity contribution >= 4 is 72.9 Å². The Hall–Kier alpha value is -2.61. The third-order valence-electron chi connectivity index (χ3n) is 6.04. The number of hydrogen-bond acceptors (Lipinski definition) is 7. The SMILES string of the molecule is Cc1nc(Nc2ccc3c(c2)N(C)CCC3(C)C)c2nc(Nc3c(Cl)cccc3Cl)sc2n1. The van der Waals surface area contributed by atoms with Crippen LogP contribution in [0.2, 0.25) is 10.0 Å². The number of aryl methyl sites for hydroxylation is 1. The molecule has 0 fully saturated rings. The Bertz CT molecular complexity index is 1350. The van der Waals surface area contributed by atoms with Crippen molar-refractivity contribution in [3.63, 3.8) is 0 Å². The molecular formula is C24H24Cl2N6S. The summed E-state index contributed by atoms with van der Waals surface area (Å²) in [5, 5.41) is 8.42. The molecule has 2 aromatic heterocycles. The second-order valence-corrected chi connectivity index (χ2v) is 10.7. The molecule has 170 valence electrons. The molecule has 0 atom stereocenters. The summed E-state index contributed by atoms with van der Waals surface area (Å²) in [4.78, 5) is 17.1. The van der Waals surface area contributed by atoms with Gasteiger partial charge in [0.05, 0.1) is 15.7 Å². The molecule has 33 heavy (non-hydrogen) atoms. The lowest BCUT2D eigenvalue weighted by Gasteiger charge is -2.38. The first-order valence-electron chi connectivity index (χ1n) is 10.7. The number of benzene rings is 2. The fraction of sp³-hybridized carbons (Fsp3) is 0.292. The van der Waals surface area contributed by atoms with Crippen LogP contribution in [0.3, 0.4) is 0 Å². The maximum atomic E-state index is 6.32. The fourth-order valence-corrected chi connectivity index (χ4v) is 5.51. The van der Waals surface area contributed by atoms with Gasteiger partial charge in [-0.3, -0.25) is 0 Å². The lowest BCUT2D eigenvalue weighted by Crippen LogP contribution is -2.34. The van der Waals surface area contributed by atoms with Gasteiger partial charge in [-0.1, -0.05) is 60.5 Å². The molecule has 4 aromatic rings. The summed E-state index contributed by atoms with van der Waals surface area (Å²) in [5.74, 6) is 1.34. The van der Waals surface area contributed by atoms with E-state index in [0.717, 1.165) is 23.5 Å². The van der Waals surface area contributed by atoms with Crippen LogP contribution < -0.4 is 15.5 Å². The van der Waals surface area contributed by atoms with Gasteiger partial charge >= 0.3 is 0 Å². The quantitative estimate of drug-likeness (QED) is 0.307. The van der Waals surface area contributed by atoms with Crippen molar-refractivity contribution in [1.29, 1.82) is 0 Å². The minimum Gasteiger partial charge on any atom is -0.374 e. The predicted molar refractivity (Wildman–Crippen MR) is 140 cm³/mol. The van der Waals surface area contributed by atoms with Crippen LogP contribution in [0.4, 0.5) is 28.0 Å². The van der Waals surface area contributed by atoms with Crippen molar-refractivity contribution in [2.45, 2.75) is 32.6 Å². The lowest BCUT2D eigenvalue weighted by atomic mass is 9.78. The summed E-state index contributed by atoms with van der Waals surface area (Å²) >= 11 is 14.1. The molecule has 6 nitrogen and oxygen atoms in total. The Labute approximate surface area is 207 Å². The first-order chi connectivity index (χ1) is 15.7. The zero-order valence-corrected chi connectivity index (χ0v) is 21.2. The lowest BCUT2D eigenvalue weighted by molar-refractivity contribution is 0.462. The van der Waals surface area contributed by atoms with Gasteiger partial charge in [-0.05, 0) is 48.6 Å². The van der Waals surface area contributed by atoms with E-state index in [-0.39, 0.29) is 5.41 Å². The summed E-state index contributed by atoms with van der Waals surface area (Å²) < 4.78 is 0. The molecule has 0 spiro atoms. The second-order valence-electron chi connectivity index (χ2n) is 8.93. The molecule has 0 amide bonds. The molecule has 0 radical (unpaired) electrons. The van der Waals surface area contributed by atoms with E-state index in [1.165, 1.54) is 22.6 Å². The van der Waals surface area contributed by atoms with E-state index < -0.39 is 0 Å². The van der Waals surface area contributed by atoms with Gasteiger partial charge in [0.1, 0.15) is 11.3 Å². The smallest absolute Gasteiger partial charge is 0.190 e. The summed E-state index contributed by atoms with van der Waals surface area (Å²) in [5.41, 5.74) is 5.06. The summed E-state index contributed by atoms with van der Waals surface area (Å²) in [7, 11) is 2.14. The Morgan fingerprint density at radius 1 is 1.03 bits per heavy atom. The molecule has 2 N–H and O–H groups in total. The maximum absolute atomic E-state index is 6.32. The molecule has 0 saturated carbocycles.